The summed E-state index contributed by atoms with van der Waals surface area (Å²) in [5.74, 6) is 1.20. The Labute approximate surface area is 256 Å². The van der Waals surface area contributed by atoms with Gasteiger partial charge in [0.25, 0.3) is 0 Å². The second-order valence-corrected chi connectivity index (χ2v) is 10.0. The van der Waals surface area contributed by atoms with Crippen molar-refractivity contribution in [3.05, 3.63) is 89.9 Å². The van der Waals surface area contributed by atoms with Gasteiger partial charge in [0.15, 0.2) is 11.5 Å². The number of nitrogens with zero attached hydrogens (tertiary/aromatic N) is 3. The maximum atomic E-state index is 14.3. The van der Waals surface area contributed by atoms with Crippen LogP contribution in [-0.4, -0.2) is 63.2 Å². The first-order chi connectivity index (χ1) is 21.3. The normalized spacial score (nSPS) is 16.4. The number of piperidine rings is 1. The molecular weight excluding hydrogens is 565 g/mol. The third-order valence-electron chi connectivity index (χ3n) is 7.13. The minimum atomic E-state index is -0.532. The minimum absolute atomic E-state index is 0.0838. The summed E-state index contributed by atoms with van der Waals surface area (Å²) in [6.45, 7) is 9.56. The Morgan fingerprint density at radius 3 is 2.36 bits per heavy atom. The van der Waals surface area contributed by atoms with Crippen molar-refractivity contribution in [1.29, 1.82) is 0 Å². The molecule has 44 heavy (non-hydrogen) atoms. The number of benzene rings is 2. The molecule has 0 bridgehead atoms. The molecule has 0 unspecified atom stereocenters. The van der Waals surface area contributed by atoms with E-state index in [2.05, 4.69) is 33.9 Å². The quantitative estimate of drug-likeness (QED) is 0.191. The van der Waals surface area contributed by atoms with Crippen LogP contribution in [0.2, 0.25) is 0 Å². The second-order valence-electron chi connectivity index (χ2n) is 10.0. The summed E-state index contributed by atoms with van der Waals surface area (Å²) < 4.78 is 31.9. The van der Waals surface area contributed by atoms with Gasteiger partial charge in [0.1, 0.15) is 29.8 Å². The molecule has 1 aliphatic carbocycles. The number of likely N-dealkylation sites (tertiary alicyclic amines) is 1. The fraction of sp³-hybridized carbons (Fsp3) is 0.273. The number of aliphatic imine (C=N–C) groups is 2. The van der Waals surface area contributed by atoms with Crippen molar-refractivity contribution in [3.63, 3.8) is 0 Å². The Hall–Kier alpha value is -5.19. The van der Waals surface area contributed by atoms with Gasteiger partial charge in [-0.3, -0.25) is 14.6 Å². The average molecular weight is 602 g/mol. The molecule has 2 aromatic carbocycles. The number of amides is 2. The maximum absolute atomic E-state index is 14.3. The van der Waals surface area contributed by atoms with Crippen molar-refractivity contribution in [2.75, 3.05) is 37.9 Å². The monoisotopic (exact) mass is 601 g/mol. The molecule has 230 valence electrons. The van der Waals surface area contributed by atoms with Gasteiger partial charge < -0.3 is 29.7 Å². The highest BCUT2D eigenvalue weighted by Crippen LogP contribution is 2.35. The van der Waals surface area contributed by atoms with Crippen molar-refractivity contribution in [2.45, 2.75) is 32.3 Å². The zero-order valence-corrected chi connectivity index (χ0v) is 25.1. The molecule has 1 heterocycles. The summed E-state index contributed by atoms with van der Waals surface area (Å²) in [7, 11) is 3.15. The van der Waals surface area contributed by atoms with Crippen LogP contribution in [0.4, 0.5) is 15.8 Å². The van der Waals surface area contributed by atoms with Crippen LogP contribution in [0.1, 0.15) is 26.2 Å². The Kier molecular flexibility index (Phi) is 10.7. The molecule has 2 amide bonds. The number of methoxy groups -OCH3 is 2. The predicted octanol–water partition coefficient (Wildman–Crippen LogP) is 5.82. The van der Waals surface area contributed by atoms with Crippen molar-refractivity contribution in [3.8, 4) is 16.9 Å². The first-order valence-corrected chi connectivity index (χ1v) is 14.0. The van der Waals surface area contributed by atoms with Gasteiger partial charge in [0, 0.05) is 38.4 Å². The van der Waals surface area contributed by atoms with Crippen LogP contribution in [0, 0.1) is 5.82 Å². The molecule has 1 aliphatic heterocycles. The Bertz CT molecular complexity index is 1550. The van der Waals surface area contributed by atoms with E-state index in [1.54, 1.807) is 37.3 Å². The topological polar surface area (TPSA) is 114 Å². The largest absolute Gasteiger partial charge is 0.495 e. The average Bonchev–Trinajstić information content (AvgIpc) is 3.03. The zero-order valence-electron chi connectivity index (χ0n) is 25.1. The van der Waals surface area contributed by atoms with E-state index < -0.39 is 5.82 Å². The molecule has 0 atom stereocenters. The lowest BCUT2D eigenvalue weighted by Crippen LogP contribution is -2.40. The molecule has 0 radical (unpaired) electrons. The van der Waals surface area contributed by atoms with Crippen molar-refractivity contribution in [1.82, 2.24) is 4.90 Å². The molecule has 11 heteroatoms. The highest BCUT2D eigenvalue weighted by Gasteiger charge is 2.26. The third-order valence-corrected chi connectivity index (χ3v) is 7.13. The minimum Gasteiger partial charge on any atom is -0.495 e. The molecule has 4 rings (SSSR count). The number of rotatable bonds is 11. The Morgan fingerprint density at radius 2 is 1.73 bits per heavy atom. The summed E-state index contributed by atoms with van der Waals surface area (Å²) in [5.41, 5.74) is 2.91. The molecule has 0 saturated carbocycles. The van der Waals surface area contributed by atoms with E-state index in [1.807, 2.05) is 24.3 Å². The fourth-order valence-corrected chi connectivity index (χ4v) is 4.93. The number of carbonyl (C=O) groups excluding carboxylic acids is 2. The van der Waals surface area contributed by atoms with Gasteiger partial charge in [0.05, 0.1) is 25.6 Å². The van der Waals surface area contributed by atoms with Crippen LogP contribution in [0.15, 0.2) is 94.1 Å². The second kappa shape index (κ2) is 14.8. The molecular formula is C33H36FN5O5. The van der Waals surface area contributed by atoms with E-state index in [9.17, 15) is 14.0 Å². The van der Waals surface area contributed by atoms with Gasteiger partial charge >= 0.3 is 0 Å². The molecule has 1 fully saturated rings. The lowest BCUT2D eigenvalue weighted by atomic mass is 10.0. The smallest absolute Gasteiger partial charge is 0.245 e. The standard InChI is InChI=1S/C33H36FN5O5/c1-6-32(41)39-15-13-25(14-16-39)44-31-19-24(9-12-30(31)43-5)33(36-20-35-3)38-28-18-23(8-11-29(28)42-4)22-7-10-26(34)27(17-22)37-21(2)40/h6-8,10-12,17-20,25,38H,1,3,9,13-16H2,2,4-5H3,(H,37,40)/b33-24-,36-20?. The summed E-state index contributed by atoms with van der Waals surface area (Å²) >= 11 is 0. The van der Waals surface area contributed by atoms with Crippen molar-refractivity contribution in [2.24, 2.45) is 9.98 Å². The zero-order chi connectivity index (χ0) is 31.6. The van der Waals surface area contributed by atoms with E-state index in [4.69, 9.17) is 14.2 Å². The number of halogens is 1. The van der Waals surface area contributed by atoms with E-state index >= 15 is 0 Å². The molecule has 2 N–H and O–H groups in total. The number of carbonyl (C=O) groups is 2. The number of ether oxygens (including phenoxy) is 3. The van der Waals surface area contributed by atoms with Gasteiger partial charge in [0.2, 0.25) is 11.8 Å². The van der Waals surface area contributed by atoms with Gasteiger partial charge in [-0.05, 0) is 66.8 Å². The van der Waals surface area contributed by atoms with E-state index in [-0.39, 0.29) is 23.6 Å². The van der Waals surface area contributed by atoms with Crippen LogP contribution in [0.3, 0.4) is 0 Å². The molecule has 0 spiro atoms. The number of hydrogen-bond acceptors (Lipinski definition) is 7. The van der Waals surface area contributed by atoms with Gasteiger partial charge in [-0.2, -0.15) is 0 Å². The van der Waals surface area contributed by atoms with Crippen LogP contribution in [-0.2, 0) is 19.1 Å². The van der Waals surface area contributed by atoms with Crippen LogP contribution >= 0.6 is 0 Å². The van der Waals surface area contributed by atoms with E-state index in [0.29, 0.717) is 66.7 Å². The summed E-state index contributed by atoms with van der Waals surface area (Å²) in [4.78, 5) is 33.6. The number of hydrogen-bond donors (Lipinski definition) is 2. The van der Waals surface area contributed by atoms with E-state index in [0.717, 1.165) is 11.1 Å². The first-order valence-electron chi connectivity index (χ1n) is 14.0. The molecule has 2 aliphatic rings. The molecule has 10 nitrogen and oxygen atoms in total. The Morgan fingerprint density at radius 1 is 1.02 bits per heavy atom. The van der Waals surface area contributed by atoms with Gasteiger partial charge in [-0.1, -0.05) is 18.7 Å². The number of allylic oxidation sites excluding steroid dienone is 3. The summed E-state index contributed by atoms with van der Waals surface area (Å²) in [5, 5.41) is 5.87. The van der Waals surface area contributed by atoms with Crippen LogP contribution < -0.4 is 15.4 Å². The maximum Gasteiger partial charge on any atom is 0.245 e. The molecule has 2 aromatic rings. The summed E-state index contributed by atoms with van der Waals surface area (Å²) in [6.07, 6.45) is 8.18. The van der Waals surface area contributed by atoms with Gasteiger partial charge in [-0.25, -0.2) is 9.38 Å². The van der Waals surface area contributed by atoms with Crippen molar-refractivity contribution >= 4 is 36.2 Å². The molecule has 0 aromatic heterocycles. The first kappa shape index (κ1) is 31.7. The SMILES string of the molecule is C=CC(=O)N1CCC(OC2=C/C(=C(/N=CN=C)Nc3cc(-c4ccc(F)c(NC(C)=O)c4)ccc3OC)CC=C2OC)CC1. The third kappa shape index (κ3) is 7.80. The highest BCUT2D eigenvalue weighted by atomic mass is 19.1. The van der Waals surface area contributed by atoms with Crippen LogP contribution in [0.5, 0.6) is 5.75 Å². The van der Waals surface area contributed by atoms with Crippen LogP contribution in [0.25, 0.3) is 11.1 Å². The lowest BCUT2D eigenvalue weighted by molar-refractivity contribution is -0.128. The lowest BCUT2D eigenvalue weighted by Gasteiger charge is -2.32. The highest BCUT2D eigenvalue weighted by molar-refractivity contribution is 5.90. The Balaban J connectivity index is 1.66. The summed E-state index contributed by atoms with van der Waals surface area (Å²) in [6, 6.07) is 9.98. The van der Waals surface area contributed by atoms with Crippen molar-refractivity contribution < 1.29 is 28.2 Å². The fourth-order valence-electron chi connectivity index (χ4n) is 4.93. The molecule has 1 saturated heterocycles. The van der Waals surface area contributed by atoms with E-state index in [1.165, 1.54) is 25.4 Å². The van der Waals surface area contributed by atoms with Gasteiger partial charge in [-0.15, -0.1) is 0 Å². The predicted molar refractivity (Wildman–Crippen MR) is 170 cm³/mol. The number of nitrogens with one attached hydrogen (secondary N) is 2. The number of anilines is 2.